The zero-order valence-electron chi connectivity index (χ0n) is 16.9. The molecule has 0 N–H and O–H groups in total. The molecule has 1 aromatic carbocycles. The second kappa shape index (κ2) is 7.96. The van der Waals surface area contributed by atoms with Crippen LogP contribution < -0.4 is 0 Å². The first-order chi connectivity index (χ1) is 14.1. The summed E-state index contributed by atoms with van der Waals surface area (Å²) < 4.78 is 13.5. The van der Waals surface area contributed by atoms with E-state index >= 15 is 0 Å². The molecule has 1 aliphatic heterocycles. The fourth-order valence-corrected chi connectivity index (χ4v) is 6.15. The molecule has 1 saturated heterocycles. The highest BCUT2D eigenvalue weighted by molar-refractivity contribution is 6.33. The number of benzene rings is 1. The molecule has 2 saturated carbocycles. The van der Waals surface area contributed by atoms with E-state index in [4.69, 9.17) is 11.6 Å². The van der Waals surface area contributed by atoms with E-state index in [1.54, 1.807) is 6.07 Å². The number of hydrogen-bond acceptors (Lipinski definition) is 3. The first-order valence-electron chi connectivity index (χ1n) is 11.1. The summed E-state index contributed by atoms with van der Waals surface area (Å²) in [5, 5.41) is 9.19. The Labute approximate surface area is 177 Å². The Morgan fingerprint density at radius 1 is 1.00 bits per heavy atom. The van der Waals surface area contributed by atoms with Crippen LogP contribution in [-0.4, -0.2) is 34.7 Å². The van der Waals surface area contributed by atoms with Crippen molar-refractivity contribution in [2.75, 3.05) is 19.6 Å². The van der Waals surface area contributed by atoms with Crippen LogP contribution in [-0.2, 0) is 6.42 Å². The molecular formula is C24H29ClFN3. The molecule has 29 heavy (non-hydrogen) atoms. The molecule has 0 unspecified atom stereocenters. The van der Waals surface area contributed by atoms with Gasteiger partial charge in [0.05, 0.1) is 16.4 Å². The normalized spacial score (nSPS) is 22.4. The molecule has 3 aliphatic rings. The number of aromatic nitrogens is 2. The maximum atomic E-state index is 13.5. The van der Waals surface area contributed by atoms with E-state index in [-0.39, 0.29) is 5.82 Å². The van der Waals surface area contributed by atoms with E-state index in [1.165, 1.54) is 76.7 Å². The number of nitrogens with zero attached hydrogens (tertiary/aromatic N) is 3. The van der Waals surface area contributed by atoms with Crippen molar-refractivity contribution >= 4 is 11.6 Å². The van der Waals surface area contributed by atoms with Crippen molar-refractivity contribution in [1.29, 1.82) is 0 Å². The van der Waals surface area contributed by atoms with Crippen LogP contribution in [0.3, 0.4) is 0 Å². The van der Waals surface area contributed by atoms with Crippen LogP contribution in [0, 0.1) is 23.1 Å². The molecule has 0 atom stereocenters. The Hall–Kier alpha value is -1.52. The highest BCUT2D eigenvalue weighted by Gasteiger charge is 2.51. The molecule has 3 fully saturated rings. The summed E-state index contributed by atoms with van der Waals surface area (Å²) in [7, 11) is 0. The molecule has 0 amide bonds. The second-order valence-electron chi connectivity index (χ2n) is 9.69. The first-order valence-corrected chi connectivity index (χ1v) is 11.5. The molecule has 2 aliphatic carbocycles. The Kier molecular flexibility index (Phi) is 5.34. The topological polar surface area (TPSA) is 29.0 Å². The summed E-state index contributed by atoms with van der Waals surface area (Å²) >= 11 is 6.18. The lowest BCUT2D eigenvalue weighted by Crippen LogP contribution is -2.63. The predicted molar refractivity (Wildman–Crippen MR) is 114 cm³/mol. The molecular weight excluding hydrogens is 385 g/mol. The van der Waals surface area contributed by atoms with Crippen LogP contribution in [0.4, 0.5) is 4.39 Å². The fourth-order valence-electron chi connectivity index (χ4n) is 5.94. The highest BCUT2D eigenvalue weighted by Crippen LogP contribution is 2.53. The molecule has 5 rings (SSSR count). The molecule has 2 aromatic rings. The molecule has 0 bridgehead atoms. The van der Waals surface area contributed by atoms with E-state index in [2.05, 4.69) is 15.1 Å². The average molecular weight is 414 g/mol. The summed E-state index contributed by atoms with van der Waals surface area (Å²) in [6, 6.07) is 8.26. The summed E-state index contributed by atoms with van der Waals surface area (Å²) in [4.78, 5) is 2.70. The maximum absolute atomic E-state index is 13.5. The zero-order valence-corrected chi connectivity index (χ0v) is 17.7. The van der Waals surface area contributed by atoms with Crippen molar-refractivity contribution in [3.05, 3.63) is 46.9 Å². The van der Waals surface area contributed by atoms with E-state index in [1.807, 2.05) is 12.1 Å². The number of halogens is 2. The minimum atomic E-state index is -0.312. The van der Waals surface area contributed by atoms with Gasteiger partial charge in [-0.2, -0.15) is 10.2 Å². The smallest absolute Gasteiger partial charge is 0.123 e. The molecule has 5 heteroatoms. The largest absolute Gasteiger partial charge is 0.302 e. The van der Waals surface area contributed by atoms with Crippen LogP contribution in [0.2, 0.25) is 5.02 Å². The second-order valence-corrected chi connectivity index (χ2v) is 10.1. The van der Waals surface area contributed by atoms with Gasteiger partial charge < -0.3 is 4.90 Å². The summed E-state index contributed by atoms with van der Waals surface area (Å²) in [5.41, 5.74) is 2.85. The zero-order chi connectivity index (χ0) is 19.8. The Bertz CT molecular complexity index is 849. The molecule has 1 aromatic heterocycles. The van der Waals surface area contributed by atoms with Gasteiger partial charge >= 0.3 is 0 Å². The quantitative estimate of drug-likeness (QED) is 0.622. The summed E-state index contributed by atoms with van der Waals surface area (Å²) in [5.74, 6) is 1.37. The van der Waals surface area contributed by atoms with Crippen molar-refractivity contribution in [2.45, 2.75) is 51.4 Å². The van der Waals surface area contributed by atoms with Crippen LogP contribution in [0.5, 0.6) is 0 Å². The molecule has 2 heterocycles. The Morgan fingerprint density at radius 3 is 2.52 bits per heavy atom. The predicted octanol–water partition coefficient (Wildman–Crippen LogP) is 5.77. The fraction of sp³-hybridized carbons (Fsp3) is 0.583. The van der Waals surface area contributed by atoms with Crippen molar-refractivity contribution in [2.24, 2.45) is 17.3 Å². The SMILES string of the molecule is Fc1ccc(Cl)c(-c2ccc(CC3CC4(C3)CN(CC3CCCCC3)C4)nn2)c1. The van der Waals surface area contributed by atoms with Crippen LogP contribution in [0.1, 0.15) is 50.6 Å². The van der Waals surface area contributed by atoms with Crippen LogP contribution >= 0.6 is 11.6 Å². The monoisotopic (exact) mass is 413 g/mol. The van der Waals surface area contributed by atoms with Crippen molar-refractivity contribution < 1.29 is 4.39 Å². The molecule has 3 nitrogen and oxygen atoms in total. The van der Waals surface area contributed by atoms with Gasteiger partial charge in [0.15, 0.2) is 0 Å². The molecule has 0 radical (unpaired) electrons. The number of likely N-dealkylation sites (tertiary alicyclic amines) is 1. The third-order valence-corrected chi connectivity index (χ3v) is 7.55. The van der Waals surface area contributed by atoms with Gasteiger partial charge in [-0.05, 0) is 79.7 Å². The van der Waals surface area contributed by atoms with Gasteiger partial charge in [0.2, 0.25) is 0 Å². The lowest BCUT2D eigenvalue weighted by molar-refractivity contribution is -0.100. The van der Waals surface area contributed by atoms with Crippen molar-refractivity contribution in [3.8, 4) is 11.3 Å². The van der Waals surface area contributed by atoms with Crippen LogP contribution in [0.15, 0.2) is 30.3 Å². The van der Waals surface area contributed by atoms with Gasteiger partial charge in [-0.1, -0.05) is 30.9 Å². The van der Waals surface area contributed by atoms with Gasteiger partial charge in [0.25, 0.3) is 0 Å². The van der Waals surface area contributed by atoms with Crippen molar-refractivity contribution in [3.63, 3.8) is 0 Å². The Balaban J connectivity index is 1.10. The molecule has 1 spiro atoms. The molecule has 154 valence electrons. The van der Waals surface area contributed by atoms with E-state index < -0.39 is 0 Å². The van der Waals surface area contributed by atoms with E-state index in [0.29, 0.717) is 21.7 Å². The van der Waals surface area contributed by atoms with E-state index in [9.17, 15) is 4.39 Å². The summed E-state index contributed by atoms with van der Waals surface area (Å²) in [6.07, 6.45) is 10.9. The number of hydrogen-bond donors (Lipinski definition) is 0. The lowest BCUT2D eigenvalue weighted by atomic mass is 9.56. The third kappa shape index (κ3) is 4.20. The third-order valence-electron chi connectivity index (χ3n) is 7.22. The minimum Gasteiger partial charge on any atom is -0.302 e. The van der Waals surface area contributed by atoms with E-state index in [0.717, 1.165) is 24.0 Å². The average Bonchev–Trinajstić information content (AvgIpc) is 2.68. The highest BCUT2D eigenvalue weighted by atomic mass is 35.5. The minimum absolute atomic E-state index is 0.312. The lowest BCUT2D eigenvalue weighted by Gasteiger charge is -2.60. The van der Waals surface area contributed by atoms with Gasteiger partial charge in [0, 0.05) is 25.2 Å². The van der Waals surface area contributed by atoms with Crippen molar-refractivity contribution in [1.82, 2.24) is 15.1 Å². The van der Waals surface area contributed by atoms with Gasteiger partial charge in [-0.3, -0.25) is 0 Å². The van der Waals surface area contributed by atoms with Gasteiger partial charge in [-0.25, -0.2) is 4.39 Å². The van der Waals surface area contributed by atoms with Crippen LogP contribution in [0.25, 0.3) is 11.3 Å². The Morgan fingerprint density at radius 2 is 1.79 bits per heavy atom. The maximum Gasteiger partial charge on any atom is 0.123 e. The first kappa shape index (κ1) is 19.4. The standard InChI is InChI=1S/C24H29ClFN3/c25-22-8-6-19(26)11-21(22)23-9-7-20(27-28-23)10-18-12-24(13-18)15-29(16-24)14-17-4-2-1-3-5-17/h6-9,11,17-18H,1-5,10,12-16H2. The summed E-state index contributed by atoms with van der Waals surface area (Å²) in [6.45, 7) is 3.95. The number of rotatable bonds is 5. The van der Waals surface area contributed by atoms with Gasteiger partial charge in [-0.15, -0.1) is 0 Å². The van der Waals surface area contributed by atoms with Gasteiger partial charge in [0.1, 0.15) is 5.82 Å².